The molecule has 1 aromatic heterocycles. The van der Waals surface area contributed by atoms with Crippen LogP contribution in [0, 0.1) is 6.92 Å². The van der Waals surface area contributed by atoms with Gasteiger partial charge in [0.2, 0.25) is 5.88 Å². The van der Waals surface area contributed by atoms with Crippen molar-refractivity contribution < 1.29 is 9.53 Å². The number of rotatable bonds is 4. The number of nitrogens with one attached hydrogen (secondary N) is 1. The van der Waals surface area contributed by atoms with E-state index in [0.29, 0.717) is 23.0 Å². The second-order valence-electron chi connectivity index (χ2n) is 7.42. The largest absolute Gasteiger partial charge is 0.439 e. The van der Waals surface area contributed by atoms with E-state index in [2.05, 4.69) is 15.3 Å². The first kappa shape index (κ1) is 18.6. The lowest BCUT2D eigenvalue weighted by molar-refractivity contribution is 0.0919. The summed E-state index contributed by atoms with van der Waals surface area (Å²) in [6, 6.07) is 16.7. The van der Waals surface area contributed by atoms with Crippen LogP contribution >= 0.6 is 0 Å². The SMILES string of the molecule is Cc1ccc(-c2nccc(Oc3cccc(C(=O)NC(C)(C)C)c3)n2)cc1. The summed E-state index contributed by atoms with van der Waals surface area (Å²) in [7, 11) is 0. The third-order valence-corrected chi connectivity index (χ3v) is 3.75. The molecule has 5 nitrogen and oxygen atoms in total. The molecule has 0 radical (unpaired) electrons. The highest BCUT2D eigenvalue weighted by Gasteiger charge is 2.15. The quantitative estimate of drug-likeness (QED) is 0.727. The van der Waals surface area contributed by atoms with Crippen molar-refractivity contribution in [2.45, 2.75) is 33.2 Å². The Balaban J connectivity index is 1.80. The Morgan fingerprint density at radius 1 is 1.04 bits per heavy atom. The number of hydrogen-bond donors (Lipinski definition) is 1. The van der Waals surface area contributed by atoms with Gasteiger partial charge in [0.05, 0.1) is 0 Å². The Hall–Kier alpha value is -3.21. The monoisotopic (exact) mass is 361 g/mol. The van der Waals surface area contributed by atoms with Crippen LogP contribution in [-0.2, 0) is 0 Å². The molecule has 27 heavy (non-hydrogen) atoms. The van der Waals surface area contributed by atoms with Crippen molar-refractivity contribution in [1.29, 1.82) is 0 Å². The van der Waals surface area contributed by atoms with E-state index in [1.807, 2.05) is 52.0 Å². The molecule has 0 unspecified atom stereocenters. The van der Waals surface area contributed by atoms with E-state index in [0.717, 1.165) is 5.56 Å². The van der Waals surface area contributed by atoms with Crippen LogP contribution in [0.4, 0.5) is 0 Å². The van der Waals surface area contributed by atoms with Crippen molar-refractivity contribution in [2.75, 3.05) is 0 Å². The van der Waals surface area contributed by atoms with Gasteiger partial charge in [-0.05, 0) is 45.9 Å². The van der Waals surface area contributed by atoms with E-state index < -0.39 is 0 Å². The molecule has 0 fully saturated rings. The summed E-state index contributed by atoms with van der Waals surface area (Å²) in [5.74, 6) is 1.42. The third-order valence-electron chi connectivity index (χ3n) is 3.75. The van der Waals surface area contributed by atoms with Gasteiger partial charge < -0.3 is 10.1 Å². The van der Waals surface area contributed by atoms with Gasteiger partial charge in [-0.3, -0.25) is 4.79 Å². The van der Waals surface area contributed by atoms with Crippen molar-refractivity contribution in [1.82, 2.24) is 15.3 Å². The summed E-state index contributed by atoms with van der Waals surface area (Å²) in [6.07, 6.45) is 1.66. The number of ether oxygens (including phenoxy) is 1. The number of amides is 1. The first-order valence-electron chi connectivity index (χ1n) is 8.81. The van der Waals surface area contributed by atoms with E-state index in [1.54, 1.807) is 36.5 Å². The number of carbonyl (C=O) groups excluding carboxylic acids is 1. The summed E-state index contributed by atoms with van der Waals surface area (Å²) in [4.78, 5) is 21.1. The molecular weight excluding hydrogens is 338 g/mol. The molecule has 1 N–H and O–H groups in total. The molecule has 3 rings (SSSR count). The first-order valence-corrected chi connectivity index (χ1v) is 8.81. The predicted octanol–water partition coefficient (Wildman–Crippen LogP) is 4.77. The molecule has 0 aliphatic carbocycles. The fourth-order valence-corrected chi connectivity index (χ4v) is 2.48. The van der Waals surface area contributed by atoms with Crippen molar-refractivity contribution >= 4 is 5.91 Å². The van der Waals surface area contributed by atoms with E-state index in [4.69, 9.17) is 4.74 Å². The number of carbonyl (C=O) groups is 1. The Morgan fingerprint density at radius 3 is 2.48 bits per heavy atom. The summed E-state index contributed by atoms with van der Waals surface area (Å²) < 4.78 is 5.85. The lowest BCUT2D eigenvalue weighted by Crippen LogP contribution is -2.40. The maximum absolute atomic E-state index is 12.3. The highest BCUT2D eigenvalue weighted by Crippen LogP contribution is 2.23. The second-order valence-corrected chi connectivity index (χ2v) is 7.42. The Morgan fingerprint density at radius 2 is 1.78 bits per heavy atom. The van der Waals surface area contributed by atoms with E-state index in [9.17, 15) is 4.79 Å². The smallest absolute Gasteiger partial charge is 0.251 e. The predicted molar refractivity (Wildman–Crippen MR) is 106 cm³/mol. The van der Waals surface area contributed by atoms with Crippen molar-refractivity contribution in [2.24, 2.45) is 0 Å². The highest BCUT2D eigenvalue weighted by atomic mass is 16.5. The zero-order valence-electron chi connectivity index (χ0n) is 16.0. The molecule has 0 saturated carbocycles. The van der Waals surface area contributed by atoms with Crippen LogP contribution < -0.4 is 10.1 Å². The van der Waals surface area contributed by atoms with Gasteiger partial charge >= 0.3 is 0 Å². The lowest BCUT2D eigenvalue weighted by Gasteiger charge is -2.20. The number of aromatic nitrogens is 2. The number of aryl methyl sites for hydroxylation is 1. The van der Waals surface area contributed by atoms with Crippen LogP contribution in [0.2, 0.25) is 0 Å². The fourth-order valence-electron chi connectivity index (χ4n) is 2.48. The minimum atomic E-state index is -0.302. The van der Waals surface area contributed by atoms with Crippen LogP contribution in [0.3, 0.4) is 0 Å². The standard InChI is InChI=1S/C22H23N3O2/c1-15-8-10-16(11-9-15)20-23-13-12-19(24-20)27-18-7-5-6-17(14-18)21(26)25-22(2,3)4/h5-14H,1-4H3,(H,25,26). The molecule has 0 bridgehead atoms. The van der Waals surface area contributed by atoms with Crippen LogP contribution in [0.5, 0.6) is 11.6 Å². The van der Waals surface area contributed by atoms with Crippen molar-refractivity contribution in [3.63, 3.8) is 0 Å². The minimum Gasteiger partial charge on any atom is -0.439 e. The molecular formula is C22H23N3O2. The number of benzene rings is 2. The zero-order chi connectivity index (χ0) is 19.4. The molecule has 138 valence electrons. The van der Waals surface area contributed by atoms with Gasteiger partial charge in [0.25, 0.3) is 5.91 Å². The van der Waals surface area contributed by atoms with Crippen LogP contribution in [0.25, 0.3) is 11.4 Å². The van der Waals surface area contributed by atoms with Crippen LogP contribution in [0.15, 0.2) is 60.8 Å². The molecule has 5 heteroatoms. The van der Waals surface area contributed by atoms with Gasteiger partial charge in [-0.15, -0.1) is 0 Å². The maximum Gasteiger partial charge on any atom is 0.251 e. The zero-order valence-corrected chi connectivity index (χ0v) is 16.0. The van der Waals surface area contributed by atoms with Gasteiger partial charge in [0.15, 0.2) is 5.82 Å². The van der Waals surface area contributed by atoms with E-state index in [1.165, 1.54) is 5.56 Å². The average Bonchev–Trinajstić information content (AvgIpc) is 2.61. The fraction of sp³-hybridized carbons (Fsp3) is 0.227. The Kier molecular flexibility index (Phi) is 5.21. The normalized spacial score (nSPS) is 11.1. The minimum absolute atomic E-state index is 0.143. The highest BCUT2D eigenvalue weighted by molar-refractivity contribution is 5.95. The molecule has 0 aliphatic heterocycles. The molecule has 1 heterocycles. The van der Waals surface area contributed by atoms with Gasteiger partial charge in [0, 0.05) is 28.9 Å². The average molecular weight is 361 g/mol. The number of nitrogens with zero attached hydrogens (tertiary/aromatic N) is 2. The van der Waals surface area contributed by atoms with Crippen LogP contribution in [-0.4, -0.2) is 21.4 Å². The van der Waals surface area contributed by atoms with Crippen LogP contribution in [0.1, 0.15) is 36.7 Å². The first-order chi connectivity index (χ1) is 12.8. The van der Waals surface area contributed by atoms with E-state index in [-0.39, 0.29) is 11.4 Å². The number of hydrogen-bond acceptors (Lipinski definition) is 4. The van der Waals surface area contributed by atoms with Gasteiger partial charge in [-0.1, -0.05) is 35.9 Å². The molecule has 1 amide bonds. The van der Waals surface area contributed by atoms with Crippen molar-refractivity contribution in [3.8, 4) is 23.0 Å². The van der Waals surface area contributed by atoms with Gasteiger partial charge in [-0.25, -0.2) is 4.98 Å². The molecule has 3 aromatic rings. The summed E-state index contributed by atoms with van der Waals surface area (Å²) in [5, 5.41) is 2.94. The molecule has 0 saturated heterocycles. The summed E-state index contributed by atoms with van der Waals surface area (Å²) in [6.45, 7) is 7.86. The lowest BCUT2D eigenvalue weighted by atomic mass is 10.1. The second kappa shape index (κ2) is 7.58. The molecule has 0 spiro atoms. The van der Waals surface area contributed by atoms with E-state index >= 15 is 0 Å². The Bertz CT molecular complexity index is 944. The molecule has 0 aliphatic rings. The topological polar surface area (TPSA) is 64.1 Å². The molecule has 0 atom stereocenters. The summed E-state index contributed by atoms with van der Waals surface area (Å²) >= 11 is 0. The van der Waals surface area contributed by atoms with Crippen molar-refractivity contribution in [3.05, 3.63) is 71.9 Å². The maximum atomic E-state index is 12.3. The summed E-state index contributed by atoms with van der Waals surface area (Å²) in [5.41, 5.74) is 2.33. The molecule has 2 aromatic carbocycles. The van der Waals surface area contributed by atoms with Gasteiger partial charge in [-0.2, -0.15) is 4.98 Å². The van der Waals surface area contributed by atoms with Gasteiger partial charge in [0.1, 0.15) is 5.75 Å². The third kappa shape index (κ3) is 5.14. The Labute approximate surface area is 159 Å².